The summed E-state index contributed by atoms with van der Waals surface area (Å²) in [4.78, 5) is 49.1. The molecule has 0 amide bonds. The van der Waals surface area contributed by atoms with Gasteiger partial charge in [0.25, 0.3) is 0 Å². The third-order valence-electron chi connectivity index (χ3n) is 18.7. The van der Waals surface area contributed by atoms with Gasteiger partial charge in [0.05, 0.1) is 106 Å². The molecule has 0 atom stereocenters. The zero-order chi connectivity index (χ0) is 82.7. The number of terminal acetylenes is 3. The molecule has 2 aliphatic carbocycles. The molecule has 8 aromatic carbocycles. The van der Waals surface area contributed by atoms with Gasteiger partial charge in [-0.3, -0.25) is 0 Å². The second-order valence-electron chi connectivity index (χ2n) is 27.0. The number of rotatable bonds is 14. The Bertz CT molecular complexity index is 4250. The highest BCUT2D eigenvalue weighted by Gasteiger charge is 2.27. The minimum atomic E-state index is -1.08. The van der Waals surface area contributed by atoms with Crippen LogP contribution < -0.4 is 37.9 Å². The zero-order valence-corrected chi connectivity index (χ0v) is 66.2. The standard InChI is InChI=1S/C48H50O12.C42H46O12.C3H4O/c1-3-17-55-43(49)33-59-47-39-13-7-14-40(47)30-36-10-6-12-38-32-42-16-8-15-41(48(42)60-34-44(50)56-18-4-2)31-37-11-5-9-35(29-39)45(37)57-27-25-53-23-21-51-19-20-52-22-24-54-26-28-58-46(36)38;43-37(44)27-53-41-33-9-3-11-35(41)25-31-7-2-8-32-26-36-12-4-10-34(42(36)54-28-38(45)46)24-30-6-1-5-29(23-33)39(30)51-21-19-49-17-15-47-13-14-48-16-18-50-20-22-52-40(31)32;1-2-3-4/h1-2,5-16H,17-34H2;1-12H,13-28H2,(H,43,44)(H,45,46);1,4H,3H2. The van der Waals surface area contributed by atoms with E-state index >= 15 is 0 Å². The van der Waals surface area contributed by atoms with Gasteiger partial charge in [-0.1, -0.05) is 163 Å². The predicted molar refractivity (Wildman–Crippen MR) is 435 cm³/mol. The van der Waals surface area contributed by atoms with Crippen LogP contribution in [0.2, 0.25) is 0 Å². The fourth-order valence-corrected chi connectivity index (χ4v) is 13.6. The minimum absolute atomic E-state index is 0.153. The number of carboxylic acid groups (broad SMARTS) is 2. The fraction of sp³-hybridized carbons (Fsp3) is 0.376. The molecule has 118 heavy (non-hydrogen) atoms. The molecule has 622 valence electrons. The molecule has 12 rings (SSSR count). The fourth-order valence-electron chi connectivity index (χ4n) is 13.6. The first-order valence-electron chi connectivity index (χ1n) is 39.1. The van der Waals surface area contributed by atoms with Crippen molar-refractivity contribution in [3.05, 3.63) is 235 Å². The summed E-state index contributed by atoms with van der Waals surface area (Å²) >= 11 is 0. The summed E-state index contributed by atoms with van der Waals surface area (Å²) in [5.74, 6) is 8.04. The SMILES string of the molecule is C#CCO.C#CCOC(=O)COc1c2cccc1Cc1cccc3c1OCCOCCOCCOCCOCCOc1c(cccc1Cc1cccc(c1OCC(=O)OCC#C)C3)C2.O=C(O)COc1c2cccc1Cc1cccc3c1OCCOCCOCCOCCOCCOc1c(cccc1Cc1cccc(c1OCC(=O)O)C3)C2. The largest absolute Gasteiger partial charge is 0.491 e. The lowest BCUT2D eigenvalue weighted by Crippen LogP contribution is -2.17. The Morgan fingerprint density at radius 2 is 0.441 bits per heavy atom. The molecule has 0 fully saturated rings. The van der Waals surface area contributed by atoms with Crippen LogP contribution in [0.4, 0.5) is 0 Å². The van der Waals surface area contributed by atoms with Gasteiger partial charge in [0.15, 0.2) is 39.6 Å². The monoisotopic (exact) mass is 1620 g/mol. The van der Waals surface area contributed by atoms with Gasteiger partial charge in [-0.05, 0) is 89.0 Å². The number of hydrogen-bond donors (Lipinski definition) is 3. The summed E-state index contributed by atoms with van der Waals surface area (Å²) in [5, 5.41) is 26.9. The Kier molecular flexibility index (Phi) is 37.2. The number of ether oxygens (including phenoxy) is 18. The number of fused-ring (bicyclic) bond motifs is 4. The lowest BCUT2D eigenvalue weighted by Gasteiger charge is -2.22. The lowest BCUT2D eigenvalue weighted by atomic mass is 9.91. The molecule has 0 aromatic heterocycles. The summed E-state index contributed by atoms with van der Waals surface area (Å²) in [6, 6.07) is 47.4. The molecule has 3 N–H and O–H groups in total. The molecule has 25 heteroatoms. The van der Waals surface area contributed by atoms with Gasteiger partial charge in [-0.2, -0.15) is 0 Å². The van der Waals surface area contributed by atoms with E-state index in [1.807, 2.05) is 152 Å². The van der Waals surface area contributed by atoms with Crippen molar-refractivity contribution in [3.63, 3.8) is 0 Å². The third kappa shape index (κ3) is 28.1. The number of carbonyl (C=O) groups excluding carboxylic acids is 2. The highest BCUT2D eigenvalue weighted by Crippen LogP contribution is 2.42. The normalized spacial score (nSPS) is 15.1. The first-order valence-corrected chi connectivity index (χ1v) is 39.1. The Morgan fingerprint density at radius 1 is 0.271 bits per heavy atom. The van der Waals surface area contributed by atoms with E-state index in [1.165, 1.54) is 0 Å². The summed E-state index contributed by atoms with van der Waals surface area (Å²) in [6.07, 6.45) is 18.3. The summed E-state index contributed by atoms with van der Waals surface area (Å²) in [5.41, 5.74) is 13.5. The predicted octanol–water partition coefficient (Wildman–Crippen LogP) is 10.1. The van der Waals surface area contributed by atoms with Crippen LogP contribution in [0.15, 0.2) is 146 Å². The Hall–Kier alpha value is -11.6. The van der Waals surface area contributed by atoms with Crippen LogP contribution in [-0.4, -0.2) is 218 Å². The van der Waals surface area contributed by atoms with Crippen molar-refractivity contribution in [2.75, 3.05) is 178 Å². The molecule has 8 aromatic rings. The highest BCUT2D eigenvalue weighted by molar-refractivity contribution is 5.73. The van der Waals surface area contributed by atoms with E-state index < -0.39 is 37.1 Å². The first kappa shape index (κ1) is 88.7. The van der Waals surface area contributed by atoms with Crippen molar-refractivity contribution in [1.82, 2.24) is 0 Å². The Balaban J connectivity index is 0.000000239. The van der Waals surface area contributed by atoms with Gasteiger partial charge in [0.1, 0.15) is 79.0 Å². The van der Waals surface area contributed by atoms with Crippen LogP contribution in [0.5, 0.6) is 46.0 Å². The maximum Gasteiger partial charge on any atom is 0.345 e. The zero-order valence-electron chi connectivity index (χ0n) is 66.2. The van der Waals surface area contributed by atoms with Crippen molar-refractivity contribution in [3.8, 4) is 83.0 Å². The van der Waals surface area contributed by atoms with Crippen molar-refractivity contribution in [2.24, 2.45) is 0 Å². The number of carboxylic acids is 2. The molecular formula is C93H100O25. The first-order chi connectivity index (χ1) is 57.9. The van der Waals surface area contributed by atoms with Gasteiger partial charge >= 0.3 is 23.9 Å². The molecule has 2 heterocycles. The van der Waals surface area contributed by atoms with E-state index in [2.05, 4.69) is 18.3 Å². The Labute approximate surface area is 687 Å². The smallest absolute Gasteiger partial charge is 0.345 e. The number of hydrogen-bond acceptors (Lipinski definition) is 23. The molecule has 2 aliphatic heterocycles. The van der Waals surface area contributed by atoms with Gasteiger partial charge in [0.2, 0.25) is 0 Å². The van der Waals surface area contributed by atoms with Crippen molar-refractivity contribution in [1.29, 1.82) is 0 Å². The average Bonchev–Trinajstić information content (AvgIpc) is 0.790. The van der Waals surface area contributed by atoms with Gasteiger partial charge in [0, 0.05) is 51.4 Å². The van der Waals surface area contributed by atoms with E-state index in [-0.39, 0.29) is 59.5 Å². The van der Waals surface area contributed by atoms with Crippen LogP contribution in [0.1, 0.15) is 89.0 Å². The Morgan fingerprint density at radius 3 is 0.610 bits per heavy atom. The second kappa shape index (κ2) is 49.4. The van der Waals surface area contributed by atoms with Crippen LogP contribution in [0.3, 0.4) is 0 Å². The number of aliphatic hydroxyl groups excluding tert-OH is 1. The summed E-state index contributed by atoms with van der Waals surface area (Å²) < 4.78 is 107. The van der Waals surface area contributed by atoms with E-state index in [0.717, 1.165) is 89.0 Å². The molecule has 20 bridgehead atoms. The molecular weight excluding hydrogens is 1520 g/mol. The molecule has 25 nitrogen and oxygen atoms in total. The van der Waals surface area contributed by atoms with E-state index in [4.69, 9.17) is 103 Å². The number of aliphatic carboxylic acids is 2. The minimum Gasteiger partial charge on any atom is -0.491 e. The van der Waals surface area contributed by atoms with E-state index in [0.29, 0.717) is 203 Å². The van der Waals surface area contributed by atoms with Crippen molar-refractivity contribution < 1.29 is 120 Å². The van der Waals surface area contributed by atoms with Crippen LogP contribution in [0, 0.1) is 37.0 Å². The van der Waals surface area contributed by atoms with Crippen LogP contribution >= 0.6 is 0 Å². The van der Waals surface area contributed by atoms with Crippen LogP contribution in [0.25, 0.3) is 0 Å². The molecule has 0 saturated carbocycles. The summed E-state index contributed by atoms with van der Waals surface area (Å²) in [7, 11) is 0. The van der Waals surface area contributed by atoms with Crippen LogP contribution in [-0.2, 0) is 118 Å². The maximum atomic E-state index is 12.7. The lowest BCUT2D eigenvalue weighted by molar-refractivity contribution is -0.145. The molecule has 4 aliphatic rings. The van der Waals surface area contributed by atoms with Crippen molar-refractivity contribution in [2.45, 2.75) is 51.4 Å². The number of carbonyl (C=O) groups is 4. The summed E-state index contributed by atoms with van der Waals surface area (Å²) in [6.45, 7) is 5.12. The second-order valence-corrected chi connectivity index (χ2v) is 27.0. The third-order valence-corrected chi connectivity index (χ3v) is 18.7. The molecule has 0 saturated heterocycles. The number of esters is 2. The number of para-hydroxylation sites is 8. The van der Waals surface area contributed by atoms with E-state index in [1.54, 1.807) is 0 Å². The topological polar surface area (TPSA) is 295 Å². The number of benzene rings is 8. The molecule has 0 spiro atoms. The van der Waals surface area contributed by atoms with Crippen molar-refractivity contribution >= 4 is 23.9 Å². The highest BCUT2D eigenvalue weighted by atomic mass is 16.6. The quantitative estimate of drug-likeness (QED) is 0.0673. The molecule has 0 unspecified atom stereocenters. The van der Waals surface area contributed by atoms with Gasteiger partial charge in [-0.15, -0.1) is 19.3 Å². The molecule has 0 radical (unpaired) electrons. The van der Waals surface area contributed by atoms with Gasteiger partial charge < -0.3 is 101 Å². The van der Waals surface area contributed by atoms with E-state index in [9.17, 15) is 29.4 Å². The maximum absolute atomic E-state index is 12.7. The number of aliphatic hydroxyl groups is 1. The average molecular weight is 1620 g/mol. The van der Waals surface area contributed by atoms with Gasteiger partial charge in [-0.25, -0.2) is 19.2 Å².